The van der Waals surface area contributed by atoms with Crippen molar-refractivity contribution in [3.63, 3.8) is 0 Å². The summed E-state index contributed by atoms with van der Waals surface area (Å²) in [5, 5.41) is 3.33. The van der Waals surface area contributed by atoms with Crippen molar-refractivity contribution < 1.29 is 14.3 Å². The molecule has 2 aromatic carbocycles. The minimum atomic E-state index is -0.650. The van der Waals surface area contributed by atoms with E-state index in [2.05, 4.69) is 19.2 Å². The average molecular weight is 417 g/mol. The lowest BCUT2D eigenvalue weighted by molar-refractivity contribution is -0.142. The predicted octanol–water partition coefficient (Wildman–Crippen LogP) is 4.40. The van der Waals surface area contributed by atoms with Crippen LogP contribution in [0.5, 0.6) is 5.75 Å². The molecule has 0 bridgehead atoms. The molecule has 1 N–H and O–H groups in total. The summed E-state index contributed by atoms with van der Waals surface area (Å²) in [5.41, 5.74) is 1.82. The molecule has 1 unspecified atom stereocenters. The molecule has 0 aliphatic carbocycles. The first-order chi connectivity index (χ1) is 13.8. The van der Waals surface area contributed by atoms with E-state index in [1.165, 1.54) is 4.90 Å². The number of ether oxygens (including phenoxy) is 1. The molecule has 0 aliphatic heterocycles. The van der Waals surface area contributed by atoms with Crippen LogP contribution in [0.3, 0.4) is 0 Å². The van der Waals surface area contributed by atoms with E-state index >= 15 is 0 Å². The number of nitrogens with zero attached hydrogens (tertiary/aromatic N) is 1. The molecule has 29 heavy (non-hydrogen) atoms. The molecule has 0 aliphatic rings. The average Bonchev–Trinajstić information content (AvgIpc) is 2.71. The molecule has 2 aromatic rings. The van der Waals surface area contributed by atoms with E-state index in [0.717, 1.165) is 11.1 Å². The van der Waals surface area contributed by atoms with Crippen molar-refractivity contribution in [2.24, 2.45) is 0 Å². The first-order valence-corrected chi connectivity index (χ1v) is 10.2. The minimum absolute atomic E-state index is 0.155. The molecule has 2 rings (SSSR count). The van der Waals surface area contributed by atoms with Crippen LogP contribution in [0.1, 0.15) is 44.7 Å². The van der Waals surface area contributed by atoms with E-state index in [-0.39, 0.29) is 30.9 Å². The molecule has 0 saturated heterocycles. The van der Waals surface area contributed by atoms with Crippen molar-refractivity contribution in [1.29, 1.82) is 0 Å². The first kappa shape index (κ1) is 22.8. The fourth-order valence-electron chi connectivity index (χ4n) is 3.03. The van der Waals surface area contributed by atoms with Gasteiger partial charge in [-0.2, -0.15) is 0 Å². The van der Waals surface area contributed by atoms with Crippen molar-refractivity contribution in [2.75, 3.05) is 13.2 Å². The number of halogens is 1. The maximum Gasteiger partial charge on any atom is 0.261 e. The lowest BCUT2D eigenvalue weighted by Gasteiger charge is -2.29. The Balaban J connectivity index is 2.20. The zero-order chi connectivity index (χ0) is 21.4. The third kappa shape index (κ3) is 6.23. The molecule has 0 saturated carbocycles. The number of para-hydroxylation sites is 1. The van der Waals surface area contributed by atoms with Crippen LogP contribution >= 0.6 is 11.6 Å². The van der Waals surface area contributed by atoms with E-state index in [1.54, 1.807) is 13.0 Å². The zero-order valence-corrected chi connectivity index (χ0v) is 18.2. The number of benzene rings is 2. The lowest BCUT2D eigenvalue weighted by atomic mass is 10.0. The maximum atomic E-state index is 13.0. The van der Waals surface area contributed by atoms with Crippen molar-refractivity contribution in [1.82, 2.24) is 10.2 Å². The minimum Gasteiger partial charge on any atom is -0.483 e. The molecule has 2 amide bonds. The van der Waals surface area contributed by atoms with Gasteiger partial charge in [0, 0.05) is 18.1 Å². The van der Waals surface area contributed by atoms with Gasteiger partial charge < -0.3 is 15.0 Å². The van der Waals surface area contributed by atoms with E-state index in [4.69, 9.17) is 16.3 Å². The summed E-state index contributed by atoms with van der Waals surface area (Å²) in [5.74, 6) is 0.465. The normalized spacial score (nSPS) is 11.8. The quantitative estimate of drug-likeness (QED) is 0.659. The summed E-state index contributed by atoms with van der Waals surface area (Å²) in [7, 11) is 0. The number of likely N-dealkylation sites (N-methyl/N-ethyl adjacent to an activating group) is 1. The third-order valence-electron chi connectivity index (χ3n) is 4.71. The maximum absolute atomic E-state index is 13.0. The van der Waals surface area contributed by atoms with Crippen molar-refractivity contribution in [3.05, 3.63) is 64.7 Å². The van der Waals surface area contributed by atoms with E-state index in [9.17, 15) is 9.59 Å². The van der Waals surface area contributed by atoms with Gasteiger partial charge in [0.15, 0.2) is 6.61 Å². The Morgan fingerprint density at radius 3 is 2.38 bits per heavy atom. The molecule has 0 heterocycles. The molecule has 6 heteroatoms. The Morgan fingerprint density at radius 2 is 1.72 bits per heavy atom. The Labute approximate surface area is 178 Å². The summed E-state index contributed by atoms with van der Waals surface area (Å²) in [6, 6.07) is 14.3. The highest BCUT2D eigenvalue weighted by molar-refractivity contribution is 6.31. The summed E-state index contributed by atoms with van der Waals surface area (Å²) in [4.78, 5) is 26.9. The Bertz CT molecular complexity index is 838. The monoisotopic (exact) mass is 416 g/mol. The van der Waals surface area contributed by atoms with Crippen molar-refractivity contribution in [2.45, 2.75) is 46.2 Å². The van der Waals surface area contributed by atoms with Gasteiger partial charge in [-0.1, -0.05) is 61.8 Å². The highest BCUT2D eigenvalue weighted by Gasteiger charge is 2.27. The molecular weight excluding hydrogens is 388 g/mol. The summed E-state index contributed by atoms with van der Waals surface area (Å²) >= 11 is 6.28. The van der Waals surface area contributed by atoms with Crippen LogP contribution in [-0.4, -0.2) is 35.9 Å². The summed E-state index contributed by atoms with van der Waals surface area (Å²) in [6.07, 6.45) is 0. The van der Waals surface area contributed by atoms with Crippen LogP contribution < -0.4 is 10.1 Å². The van der Waals surface area contributed by atoms with Gasteiger partial charge in [0.2, 0.25) is 5.91 Å². The molecule has 0 fully saturated rings. The van der Waals surface area contributed by atoms with Crippen LogP contribution in [0.25, 0.3) is 0 Å². The second-order valence-electron chi connectivity index (χ2n) is 7.16. The van der Waals surface area contributed by atoms with Gasteiger partial charge in [0.1, 0.15) is 11.8 Å². The highest BCUT2D eigenvalue weighted by atomic mass is 35.5. The van der Waals surface area contributed by atoms with E-state index in [0.29, 0.717) is 17.3 Å². The topological polar surface area (TPSA) is 58.6 Å². The number of nitrogens with one attached hydrogen (secondary N) is 1. The van der Waals surface area contributed by atoms with Gasteiger partial charge in [-0.05, 0) is 43.0 Å². The Kier molecular flexibility index (Phi) is 8.52. The van der Waals surface area contributed by atoms with Gasteiger partial charge in [0.05, 0.1) is 0 Å². The van der Waals surface area contributed by atoms with Gasteiger partial charge in [-0.3, -0.25) is 9.59 Å². The standard InChI is InChI=1S/C23H29ClN2O3/c1-5-25-23(28)17(4)26(14-18-10-6-8-12-20(18)24)22(27)15-29-21-13-9-7-11-19(21)16(2)3/h6-13,16-17H,5,14-15H2,1-4H3,(H,25,28). The number of hydrogen-bond acceptors (Lipinski definition) is 3. The smallest absolute Gasteiger partial charge is 0.261 e. The molecule has 156 valence electrons. The Hall–Kier alpha value is -2.53. The molecule has 0 spiro atoms. The second kappa shape index (κ2) is 10.9. The van der Waals surface area contributed by atoms with Crippen LogP contribution in [-0.2, 0) is 16.1 Å². The fraction of sp³-hybridized carbons (Fsp3) is 0.391. The second-order valence-corrected chi connectivity index (χ2v) is 7.57. The van der Waals surface area contributed by atoms with Crippen molar-refractivity contribution in [3.8, 4) is 5.75 Å². The number of hydrogen-bond donors (Lipinski definition) is 1. The lowest BCUT2D eigenvalue weighted by Crippen LogP contribution is -2.49. The van der Waals surface area contributed by atoms with E-state index in [1.807, 2.05) is 49.4 Å². The largest absolute Gasteiger partial charge is 0.483 e. The highest BCUT2D eigenvalue weighted by Crippen LogP contribution is 2.26. The third-order valence-corrected chi connectivity index (χ3v) is 5.08. The SMILES string of the molecule is CCNC(=O)C(C)N(Cc1ccccc1Cl)C(=O)COc1ccccc1C(C)C. The fourth-order valence-corrected chi connectivity index (χ4v) is 3.22. The first-order valence-electron chi connectivity index (χ1n) is 9.87. The van der Waals surface area contributed by atoms with Crippen molar-refractivity contribution >= 4 is 23.4 Å². The zero-order valence-electron chi connectivity index (χ0n) is 17.4. The van der Waals surface area contributed by atoms with Crippen LogP contribution in [0, 0.1) is 0 Å². The molecule has 1 atom stereocenters. The van der Waals surface area contributed by atoms with E-state index < -0.39 is 6.04 Å². The Morgan fingerprint density at radius 1 is 1.07 bits per heavy atom. The number of rotatable bonds is 9. The molecule has 0 aromatic heterocycles. The van der Waals surface area contributed by atoms with Gasteiger partial charge in [0.25, 0.3) is 5.91 Å². The predicted molar refractivity (Wildman–Crippen MR) is 116 cm³/mol. The van der Waals surface area contributed by atoms with Gasteiger partial charge in [-0.15, -0.1) is 0 Å². The van der Waals surface area contributed by atoms with Crippen LogP contribution in [0.2, 0.25) is 5.02 Å². The number of amides is 2. The molecule has 0 radical (unpaired) electrons. The summed E-state index contributed by atoms with van der Waals surface area (Å²) in [6.45, 7) is 8.27. The molecule has 5 nitrogen and oxygen atoms in total. The number of carbonyl (C=O) groups is 2. The summed E-state index contributed by atoms with van der Waals surface area (Å²) < 4.78 is 5.84. The van der Waals surface area contributed by atoms with Gasteiger partial charge in [-0.25, -0.2) is 0 Å². The van der Waals surface area contributed by atoms with Crippen LogP contribution in [0.15, 0.2) is 48.5 Å². The molecular formula is C23H29ClN2O3. The number of carbonyl (C=O) groups excluding carboxylic acids is 2. The van der Waals surface area contributed by atoms with Crippen LogP contribution in [0.4, 0.5) is 0 Å². The van der Waals surface area contributed by atoms with Gasteiger partial charge >= 0.3 is 0 Å².